The van der Waals surface area contributed by atoms with Crippen LogP contribution in [-0.4, -0.2) is 71.0 Å². The van der Waals surface area contributed by atoms with Crippen molar-refractivity contribution in [3.63, 3.8) is 0 Å². The van der Waals surface area contributed by atoms with Gasteiger partial charge in [-0.2, -0.15) is 11.8 Å². The van der Waals surface area contributed by atoms with Crippen LogP contribution in [0.4, 0.5) is 0 Å². The SMILES string of the molecule is O=C(O)CC1C(=O)NCCN1C(=O)C1CSCCN1. The molecule has 0 bridgehead atoms. The van der Waals surface area contributed by atoms with E-state index in [1.165, 1.54) is 4.90 Å². The number of carbonyl (C=O) groups is 3. The number of aliphatic carboxylic acids is 1. The Morgan fingerprint density at radius 2 is 2.21 bits per heavy atom. The highest BCUT2D eigenvalue weighted by Gasteiger charge is 2.37. The van der Waals surface area contributed by atoms with Gasteiger partial charge in [0.05, 0.1) is 12.5 Å². The molecule has 7 nitrogen and oxygen atoms in total. The highest BCUT2D eigenvalue weighted by atomic mass is 32.2. The fourth-order valence-corrected chi connectivity index (χ4v) is 3.20. The van der Waals surface area contributed by atoms with Crippen molar-refractivity contribution >= 4 is 29.5 Å². The van der Waals surface area contributed by atoms with Crippen LogP contribution < -0.4 is 10.6 Å². The van der Waals surface area contributed by atoms with Gasteiger partial charge in [-0.1, -0.05) is 0 Å². The number of carbonyl (C=O) groups excluding carboxylic acids is 2. The zero-order chi connectivity index (χ0) is 13.8. The summed E-state index contributed by atoms with van der Waals surface area (Å²) in [5.41, 5.74) is 0. The van der Waals surface area contributed by atoms with E-state index in [0.29, 0.717) is 18.8 Å². The summed E-state index contributed by atoms with van der Waals surface area (Å²) in [6, 6.07) is -1.21. The Balaban J connectivity index is 2.07. The molecule has 2 aliphatic rings. The first-order valence-electron chi connectivity index (χ1n) is 6.20. The lowest BCUT2D eigenvalue weighted by Gasteiger charge is -2.37. The van der Waals surface area contributed by atoms with Gasteiger partial charge in [0.25, 0.3) is 0 Å². The van der Waals surface area contributed by atoms with Crippen molar-refractivity contribution in [3.05, 3.63) is 0 Å². The first kappa shape index (κ1) is 14.1. The Morgan fingerprint density at radius 1 is 1.42 bits per heavy atom. The standard InChI is InChI=1S/C11H17N3O4S/c15-9(16)5-8-10(17)13-1-3-14(8)11(18)7-6-19-4-2-12-7/h7-8,12H,1-6H2,(H,13,17)(H,15,16). The van der Waals surface area contributed by atoms with Crippen LogP contribution in [0.1, 0.15) is 6.42 Å². The molecule has 0 saturated carbocycles. The zero-order valence-electron chi connectivity index (χ0n) is 10.4. The average molecular weight is 287 g/mol. The molecule has 19 heavy (non-hydrogen) atoms. The summed E-state index contributed by atoms with van der Waals surface area (Å²) in [4.78, 5) is 36.3. The number of carboxylic acid groups (broad SMARTS) is 1. The predicted octanol–water partition coefficient (Wildman–Crippen LogP) is -1.51. The van der Waals surface area contributed by atoms with Gasteiger partial charge in [-0.3, -0.25) is 14.4 Å². The number of hydrogen-bond acceptors (Lipinski definition) is 5. The van der Waals surface area contributed by atoms with Gasteiger partial charge in [0.2, 0.25) is 11.8 Å². The van der Waals surface area contributed by atoms with E-state index in [0.717, 1.165) is 12.3 Å². The number of hydrogen-bond donors (Lipinski definition) is 3. The second kappa shape index (κ2) is 6.25. The Hall–Kier alpha value is -1.28. The lowest BCUT2D eigenvalue weighted by molar-refractivity contribution is -0.149. The van der Waals surface area contributed by atoms with E-state index < -0.39 is 12.0 Å². The van der Waals surface area contributed by atoms with E-state index >= 15 is 0 Å². The molecular weight excluding hydrogens is 270 g/mol. The summed E-state index contributed by atoms with van der Waals surface area (Å²) in [5, 5.41) is 14.6. The Labute approximate surface area is 115 Å². The van der Waals surface area contributed by atoms with Gasteiger partial charge in [-0.25, -0.2) is 0 Å². The van der Waals surface area contributed by atoms with Crippen LogP contribution in [0.2, 0.25) is 0 Å². The molecule has 0 aromatic carbocycles. The summed E-state index contributed by atoms with van der Waals surface area (Å²) >= 11 is 1.68. The van der Waals surface area contributed by atoms with Crippen molar-refractivity contribution in [2.24, 2.45) is 0 Å². The topological polar surface area (TPSA) is 98.7 Å². The zero-order valence-corrected chi connectivity index (χ0v) is 11.2. The number of piperazine rings is 1. The normalized spacial score (nSPS) is 27.8. The highest BCUT2D eigenvalue weighted by molar-refractivity contribution is 7.99. The van der Waals surface area contributed by atoms with Gasteiger partial charge in [-0.15, -0.1) is 0 Å². The summed E-state index contributed by atoms with van der Waals surface area (Å²) < 4.78 is 0. The Morgan fingerprint density at radius 3 is 2.84 bits per heavy atom. The van der Waals surface area contributed by atoms with E-state index in [9.17, 15) is 14.4 Å². The number of thioether (sulfide) groups is 1. The third-order valence-corrected chi connectivity index (χ3v) is 4.26. The van der Waals surface area contributed by atoms with Gasteiger partial charge in [0.15, 0.2) is 0 Å². The Kier molecular flexibility index (Phi) is 4.65. The molecule has 8 heteroatoms. The summed E-state index contributed by atoms with van der Waals surface area (Å²) in [5.74, 6) is -0.0101. The number of nitrogens with one attached hydrogen (secondary N) is 2. The minimum Gasteiger partial charge on any atom is -0.481 e. The van der Waals surface area contributed by atoms with Crippen LogP contribution in [-0.2, 0) is 14.4 Å². The molecule has 2 rings (SSSR count). The van der Waals surface area contributed by atoms with Crippen molar-refractivity contribution in [2.45, 2.75) is 18.5 Å². The number of rotatable bonds is 3. The Bertz CT molecular complexity index is 384. The maximum Gasteiger partial charge on any atom is 0.305 e. The van der Waals surface area contributed by atoms with E-state index in [2.05, 4.69) is 10.6 Å². The molecule has 106 valence electrons. The summed E-state index contributed by atoms with van der Waals surface area (Å²) in [6.07, 6.45) is -0.350. The van der Waals surface area contributed by atoms with Crippen molar-refractivity contribution < 1.29 is 19.5 Å². The summed E-state index contributed by atoms with van der Waals surface area (Å²) in [6.45, 7) is 1.50. The third kappa shape index (κ3) is 3.38. The average Bonchev–Trinajstić information content (AvgIpc) is 2.41. The van der Waals surface area contributed by atoms with Crippen LogP contribution in [0.25, 0.3) is 0 Å². The second-order valence-electron chi connectivity index (χ2n) is 4.52. The minimum atomic E-state index is -1.08. The van der Waals surface area contributed by atoms with E-state index in [1.54, 1.807) is 11.8 Å². The van der Waals surface area contributed by atoms with Crippen LogP contribution >= 0.6 is 11.8 Å². The minimum absolute atomic E-state index is 0.173. The van der Waals surface area contributed by atoms with Crippen LogP contribution in [0.5, 0.6) is 0 Å². The molecular formula is C11H17N3O4S. The van der Waals surface area contributed by atoms with E-state index in [4.69, 9.17) is 5.11 Å². The molecule has 0 spiro atoms. The molecule has 0 radical (unpaired) electrons. The second-order valence-corrected chi connectivity index (χ2v) is 5.67. The molecule has 0 aromatic heterocycles. The smallest absolute Gasteiger partial charge is 0.305 e. The van der Waals surface area contributed by atoms with Crippen LogP contribution in [0.15, 0.2) is 0 Å². The van der Waals surface area contributed by atoms with Gasteiger partial charge in [0.1, 0.15) is 6.04 Å². The molecule has 2 aliphatic heterocycles. The van der Waals surface area contributed by atoms with Crippen LogP contribution in [0.3, 0.4) is 0 Å². The van der Waals surface area contributed by atoms with Crippen molar-refractivity contribution in [3.8, 4) is 0 Å². The molecule has 2 heterocycles. The molecule has 2 saturated heterocycles. The largest absolute Gasteiger partial charge is 0.481 e. The lowest BCUT2D eigenvalue weighted by atomic mass is 10.1. The van der Waals surface area contributed by atoms with Crippen molar-refractivity contribution in [1.29, 1.82) is 0 Å². The molecule has 0 aliphatic carbocycles. The monoisotopic (exact) mass is 287 g/mol. The summed E-state index contributed by atoms with van der Waals surface area (Å²) in [7, 11) is 0. The molecule has 2 atom stereocenters. The fraction of sp³-hybridized carbons (Fsp3) is 0.727. The van der Waals surface area contributed by atoms with Gasteiger partial charge in [-0.05, 0) is 0 Å². The van der Waals surface area contributed by atoms with Crippen molar-refractivity contribution in [2.75, 3.05) is 31.1 Å². The maximum absolute atomic E-state index is 12.4. The van der Waals surface area contributed by atoms with Gasteiger partial charge >= 0.3 is 5.97 Å². The maximum atomic E-state index is 12.4. The van der Waals surface area contributed by atoms with Gasteiger partial charge < -0.3 is 20.6 Å². The number of nitrogens with zero attached hydrogens (tertiary/aromatic N) is 1. The number of carboxylic acids is 1. The molecule has 3 N–H and O–H groups in total. The van der Waals surface area contributed by atoms with Gasteiger partial charge in [0, 0.05) is 31.1 Å². The molecule has 2 unspecified atom stereocenters. The van der Waals surface area contributed by atoms with E-state index in [-0.39, 0.29) is 24.3 Å². The number of amides is 2. The first-order valence-corrected chi connectivity index (χ1v) is 7.36. The molecule has 2 fully saturated rings. The predicted molar refractivity (Wildman–Crippen MR) is 69.9 cm³/mol. The quantitative estimate of drug-likeness (QED) is 0.584. The van der Waals surface area contributed by atoms with E-state index in [1.807, 2.05) is 0 Å². The van der Waals surface area contributed by atoms with Crippen LogP contribution in [0, 0.1) is 0 Å². The molecule has 2 amide bonds. The third-order valence-electron chi connectivity index (χ3n) is 3.20. The highest BCUT2D eigenvalue weighted by Crippen LogP contribution is 2.15. The lowest BCUT2D eigenvalue weighted by Crippen LogP contribution is -2.62. The molecule has 0 aromatic rings. The fourth-order valence-electron chi connectivity index (χ4n) is 2.27. The van der Waals surface area contributed by atoms with Crippen molar-refractivity contribution in [1.82, 2.24) is 15.5 Å². The first-order chi connectivity index (χ1) is 9.09.